The van der Waals surface area contributed by atoms with Crippen LogP contribution in [0.1, 0.15) is 47.5 Å². The molecule has 0 aliphatic carbocycles. The first-order valence-electron chi connectivity index (χ1n) is 5.89. The van der Waals surface area contributed by atoms with Gasteiger partial charge >= 0.3 is 7.12 Å². The third-order valence-corrected chi connectivity index (χ3v) is 3.27. The molecule has 0 aromatic heterocycles. The quantitative estimate of drug-likeness (QED) is 0.522. The van der Waals surface area contributed by atoms with E-state index in [9.17, 15) is 0 Å². The summed E-state index contributed by atoms with van der Waals surface area (Å²) in [5.41, 5.74) is -0.377. The van der Waals surface area contributed by atoms with E-state index >= 15 is 0 Å². The van der Waals surface area contributed by atoms with E-state index in [1.54, 1.807) is 0 Å². The second-order valence-electron chi connectivity index (χ2n) is 5.14. The molecule has 0 aromatic rings. The number of hydrogen-bond acceptors (Lipinski definition) is 2. The van der Waals surface area contributed by atoms with Gasteiger partial charge in [-0.1, -0.05) is 19.1 Å². The molecule has 0 aromatic carbocycles. The van der Waals surface area contributed by atoms with Crippen LogP contribution in [0.15, 0.2) is 12.2 Å². The predicted molar refractivity (Wildman–Crippen MR) is 64.9 cm³/mol. The van der Waals surface area contributed by atoms with Crippen molar-refractivity contribution in [3.8, 4) is 0 Å². The Morgan fingerprint density at radius 3 is 2.00 bits per heavy atom. The Morgan fingerprint density at radius 1 is 1.00 bits per heavy atom. The summed E-state index contributed by atoms with van der Waals surface area (Å²) in [6.45, 7) is 10.5. The molecule has 1 aliphatic rings. The van der Waals surface area contributed by atoms with Gasteiger partial charge < -0.3 is 9.31 Å². The van der Waals surface area contributed by atoms with Crippen LogP contribution in [0.5, 0.6) is 0 Å². The van der Waals surface area contributed by atoms with Crippen LogP contribution in [0, 0.1) is 0 Å². The SMILES string of the molecule is CC/C=C\CCB1OC(C)(C)C(C)(C)O1. The summed E-state index contributed by atoms with van der Waals surface area (Å²) in [7, 11) is -0.0449. The van der Waals surface area contributed by atoms with Crippen molar-refractivity contribution in [1.82, 2.24) is 0 Å². The fourth-order valence-electron chi connectivity index (χ4n) is 1.60. The summed E-state index contributed by atoms with van der Waals surface area (Å²) in [5.74, 6) is 0. The predicted octanol–water partition coefficient (Wildman–Crippen LogP) is 3.43. The van der Waals surface area contributed by atoms with Gasteiger partial charge in [0.05, 0.1) is 11.2 Å². The maximum Gasteiger partial charge on any atom is 0.458 e. The molecule has 1 saturated heterocycles. The van der Waals surface area contributed by atoms with Crippen molar-refractivity contribution in [2.24, 2.45) is 0 Å². The van der Waals surface area contributed by atoms with Crippen LogP contribution in [-0.2, 0) is 9.31 Å². The van der Waals surface area contributed by atoms with E-state index in [0.29, 0.717) is 0 Å². The molecular weight excluding hydrogens is 187 g/mol. The normalized spacial score (nSPS) is 23.9. The molecule has 0 bridgehead atoms. The molecular formula is C12H23BO2. The molecule has 15 heavy (non-hydrogen) atoms. The average molecular weight is 210 g/mol. The Morgan fingerprint density at radius 2 is 1.53 bits per heavy atom. The average Bonchev–Trinajstić information content (AvgIpc) is 2.30. The molecule has 86 valence electrons. The first-order valence-corrected chi connectivity index (χ1v) is 5.89. The lowest BCUT2D eigenvalue weighted by atomic mass is 9.83. The second-order valence-corrected chi connectivity index (χ2v) is 5.14. The Kier molecular flexibility index (Phi) is 4.02. The Labute approximate surface area is 94.2 Å². The van der Waals surface area contributed by atoms with E-state index in [1.807, 2.05) is 0 Å². The number of rotatable bonds is 4. The van der Waals surface area contributed by atoms with Gasteiger partial charge in [-0.15, -0.1) is 0 Å². The molecule has 0 unspecified atom stereocenters. The maximum atomic E-state index is 5.89. The molecule has 0 spiro atoms. The van der Waals surface area contributed by atoms with E-state index in [1.165, 1.54) is 0 Å². The van der Waals surface area contributed by atoms with Crippen molar-refractivity contribution in [1.29, 1.82) is 0 Å². The summed E-state index contributed by atoms with van der Waals surface area (Å²) in [5, 5.41) is 0. The highest BCUT2D eigenvalue weighted by Crippen LogP contribution is 2.37. The van der Waals surface area contributed by atoms with Crippen LogP contribution in [0.3, 0.4) is 0 Å². The molecule has 0 N–H and O–H groups in total. The van der Waals surface area contributed by atoms with Crippen LogP contribution in [0.25, 0.3) is 0 Å². The van der Waals surface area contributed by atoms with E-state index in [-0.39, 0.29) is 18.3 Å². The van der Waals surface area contributed by atoms with Crippen molar-refractivity contribution in [2.75, 3.05) is 0 Å². The Hall–Kier alpha value is -0.275. The highest BCUT2D eigenvalue weighted by Gasteiger charge is 2.50. The largest absolute Gasteiger partial charge is 0.458 e. The fourth-order valence-corrected chi connectivity index (χ4v) is 1.60. The molecule has 0 atom stereocenters. The zero-order chi connectivity index (χ0) is 11.5. The summed E-state index contributed by atoms with van der Waals surface area (Å²) >= 11 is 0. The topological polar surface area (TPSA) is 18.5 Å². The van der Waals surface area contributed by atoms with Gasteiger partial charge in [-0.25, -0.2) is 0 Å². The van der Waals surface area contributed by atoms with E-state index in [4.69, 9.17) is 9.31 Å². The van der Waals surface area contributed by atoms with Gasteiger partial charge in [-0.05, 0) is 46.9 Å². The summed E-state index contributed by atoms with van der Waals surface area (Å²) in [6, 6.07) is 0. The monoisotopic (exact) mass is 210 g/mol. The van der Waals surface area contributed by atoms with Gasteiger partial charge in [0, 0.05) is 0 Å². The molecule has 1 rings (SSSR count). The van der Waals surface area contributed by atoms with Crippen molar-refractivity contribution < 1.29 is 9.31 Å². The van der Waals surface area contributed by atoms with Gasteiger partial charge in [-0.3, -0.25) is 0 Å². The van der Waals surface area contributed by atoms with E-state index < -0.39 is 0 Å². The van der Waals surface area contributed by atoms with Gasteiger partial charge in [0.1, 0.15) is 0 Å². The molecule has 2 nitrogen and oxygen atoms in total. The summed E-state index contributed by atoms with van der Waals surface area (Å²) in [4.78, 5) is 0. The summed E-state index contributed by atoms with van der Waals surface area (Å²) in [6.07, 6.45) is 7.47. The fraction of sp³-hybridized carbons (Fsp3) is 0.833. The molecule has 1 aliphatic heterocycles. The van der Waals surface area contributed by atoms with Gasteiger partial charge in [0.2, 0.25) is 0 Å². The zero-order valence-corrected chi connectivity index (χ0v) is 10.7. The molecule has 0 saturated carbocycles. The summed E-state index contributed by atoms with van der Waals surface area (Å²) < 4.78 is 11.8. The lowest BCUT2D eigenvalue weighted by molar-refractivity contribution is 0.00578. The first-order chi connectivity index (χ1) is 6.89. The van der Waals surface area contributed by atoms with Crippen LogP contribution in [-0.4, -0.2) is 18.3 Å². The standard InChI is InChI=1S/C12H23BO2/c1-6-7-8-9-10-13-14-11(2,3)12(4,5)15-13/h7-8H,6,9-10H2,1-5H3/b8-7-. The van der Waals surface area contributed by atoms with Crippen LogP contribution >= 0.6 is 0 Å². The van der Waals surface area contributed by atoms with Gasteiger partial charge in [-0.2, -0.15) is 0 Å². The van der Waals surface area contributed by atoms with Crippen molar-refractivity contribution >= 4 is 7.12 Å². The van der Waals surface area contributed by atoms with Crippen LogP contribution < -0.4 is 0 Å². The second kappa shape index (κ2) is 4.71. The smallest absolute Gasteiger partial charge is 0.403 e. The Balaban J connectivity index is 2.39. The van der Waals surface area contributed by atoms with Crippen molar-refractivity contribution in [3.05, 3.63) is 12.2 Å². The molecule has 3 heteroatoms. The first kappa shape index (κ1) is 12.8. The molecule has 0 radical (unpaired) electrons. The molecule has 1 fully saturated rings. The minimum atomic E-state index is -0.188. The maximum absolute atomic E-state index is 5.89. The van der Waals surface area contributed by atoms with E-state index in [2.05, 4.69) is 46.8 Å². The Bertz CT molecular complexity index is 218. The van der Waals surface area contributed by atoms with Crippen LogP contribution in [0.4, 0.5) is 0 Å². The van der Waals surface area contributed by atoms with Crippen molar-refractivity contribution in [2.45, 2.75) is 65.0 Å². The lowest BCUT2D eigenvalue weighted by Crippen LogP contribution is -2.41. The van der Waals surface area contributed by atoms with Crippen LogP contribution in [0.2, 0.25) is 6.32 Å². The lowest BCUT2D eigenvalue weighted by Gasteiger charge is -2.32. The van der Waals surface area contributed by atoms with Gasteiger partial charge in [0.15, 0.2) is 0 Å². The van der Waals surface area contributed by atoms with Gasteiger partial charge in [0.25, 0.3) is 0 Å². The minimum Gasteiger partial charge on any atom is -0.403 e. The zero-order valence-electron chi connectivity index (χ0n) is 10.7. The van der Waals surface area contributed by atoms with E-state index in [0.717, 1.165) is 19.2 Å². The number of allylic oxidation sites excluding steroid dienone is 2. The molecule has 1 heterocycles. The molecule has 0 amide bonds. The highest BCUT2D eigenvalue weighted by atomic mass is 16.7. The third-order valence-electron chi connectivity index (χ3n) is 3.27. The minimum absolute atomic E-state index is 0.0449. The number of hydrogen-bond donors (Lipinski definition) is 0. The highest BCUT2D eigenvalue weighted by molar-refractivity contribution is 6.45. The van der Waals surface area contributed by atoms with Crippen molar-refractivity contribution in [3.63, 3.8) is 0 Å². The third kappa shape index (κ3) is 3.09.